The zero-order valence-corrected chi connectivity index (χ0v) is 14.6. The number of nitrogens with zero attached hydrogens (tertiary/aromatic N) is 2. The van der Waals surface area contributed by atoms with Crippen molar-refractivity contribution in [3.8, 4) is 0 Å². The van der Waals surface area contributed by atoms with Gasteiger partial charge in [0.1, 0.15) is 0 Å². The first kappa shape index (κ1) is 15.1. The summed E-state index contributed by atoms with van der Waals surface area (Å²) in [6.45, 7) is 7.25. The van der Waals surface area contributed by atoms with E-state index in [4.69, 9.17) is 12.2 Å². The van der Waals surface area contributed by atoms with Gasteiger partial charge in [0.2, 0.25) is 0 Å². The third-order valence-electron chi connectivity index (χ3n) is 6.07. The Hall–Kier alpha value is -1.46. The summed E-state index contributed by atoms with van der Waals surface area (Å²) >= 11 is 5.52. The molecule has 0 amide bonds. The number of fused-ring (bicyclic) bond motifs is 3. The molecule has 5 heteroatoms. The Balaban J connectivity index is 1.49. The fourth-order valence-electron chi connectivity index (χ4n) is 4.77. The van der Waals surface area contributed by atoms with Gasteiger partial charge in [-0.3, -0.25) is 0 Å². The molecule has 0 radical (unpaired) electrons. The second-order valence-electron chi connectivity index (χ2n) is 7.71. The van der Waals surface area contributed by atoms with Crippen LogP contribution in [0.4, 0.5) is 0 Å². The number of hydrazone groups is 1. The summed E-state index contributed by atoms with van der Waals surface area (Å²) in [5.41, 5.74) is 1.56. The van der Waals surface area contributed by atoms with Crippen LogP contribution in [0.2, 0.25) is 0 Å². The zero-order chi connectivity index (χ0) is 16.4. The molecule has 2 N–H and O–H groups in total. The van der Waals surface area contributed by atoms with Crippen molar-refractivity contribution in [1.82, 2.24) is 10.3 Å². The molecule has 1 aromatic carbocycles. The van der Waals surface area contributed by atoms with E-state index in [2.05, 4.69) is 36.4 Å². The van der Waals surface area contributed by atoms with Crippen LogP contribution < -0.4 is 5.32 Å². The van der Waals surface area contributed by atoms with Crippen molar-refractivity contribution in [3.63, 3.8) is 0 Å². The summed E-state index contributed by atoms with van der Waals surface area (Å²) < 4.78 is 0. The molecule has 1 heterocycles. The normalized spacial score (nSPS) is 36.3. The summed E-state index contributed by atoms with van der Waals surface area (Å²) in [5, 5.41) is 21.3. The molecule has 2 saturated carbocycles. The Labute approximate surface area is 142 Å². The van der Waals surface area contributed by atoms with Crippen LogP contribution in [-0.2, 0) is 6.54 Å². The zero-order valence-electron chi connectivity index (χ0n) is 13.8. The number of hydrogen-bond donors (Lipinski definition) is 2. The summed E-state index contributed by atoms with van der Waals surface area (Å²) in [5.74, 6) is 1.21. The fourth-order valence-corrected chi connectivity index (χ4v) is 5.04. The van der Waals surface area contributed by atoms with E-state index in [0.717, 1.165) is 17.7 Å². The van der Waals surface area contributed by atoms with Gasteiger partial charge in [-0.05, 0) is 42.0 Å². The third-order valence-corrected chi connectivity index (χ3v) is 6.39. The van der Waals surface area contributed by atoms with Gasteiger partial charge < -0.3 is 10.4 Å². The Morgan fingerprint density at radius 2 is 2.09 bits per heavy atom. The fraction of sp³-hybridized carbons (Fsp3) is 0.556. The van der Waals surface area contributed by atoms with Crippen LogP contribution in [-0.4, -0.2) is 26.7 Å². The summed E-state index contributed by atoms with van der Waals surface area (Å²) in [4.78, 5) is 0. The summed E-state index contributed by atoms with van der Waals surface area (Å²) in [7, 11) is 0. The lowest BCUT2D eigenvalue weighted by molar-refractivity contribution is -0.0860. The van der Waals surface area contributed by atoms with Crippen LogP contribution in [0.3, 0.4) is 0 Å². The monoisotopic (exact) mass is 329 g/mol. The number of hydrogen-bond acceptors (Lipinski definition) is 3. The third kappa shape index (κ3) is 2.06. The minimum Gasteiger partial charge on any atom is -0.368 e. The molecule has 3 aliphatic rings. The van der Waals surface area contributed by atoms with Crippen molar-refractivity contribution in [2.45, 2.75) is 39.5 Å². The molecule has 0 saturated heterocycles. The van der Waals surface area contributed by atoms with E-state index in [1.807, 2.05) is 25.1 Å². The minimum atomic E-state index is -0.935. The van der Waals surface area contributed by atoms with Gasteiger partial charge in [-0.1, -0.05) is 44.2 Å². The molecule has 2 fully saturated rings. The highest BCUT2D eigenvalue weighted by Crippen LogP contribution is 2.73. The Morgan fingerprint density at radius 1 is 1.39 bits per heavy atom. The molecule has 122 valence electrons. The van der Waals surface area contributed by atoms with Gasteiger partial charge in [-0.2, -0.15) is 5.10 Å². The molecule has 0 unspecified atom stereocenters. The highest BCUT2D eigenvalue weighted by molar-refractivity contribution is 7.80. The largest absolute Gasteiger partial charge is 0.368 e. The number of thiocarbonyl (C=S) groups is 1. The van der Waals surface area contributed by atoms with E-state index in [1.54, 1.807) is 5.01 Å². The summed E-state index contributed by atoms with van der Waals surface area (Å²) in [6, 6.07) is 10.1. The van der Waals surface area contributed by atoms with Gasteiger partial charge in [-0.15, -0.1) is 0 Å². The van der Waals surface area contributed by atoms with Gasteiger partial charge in [0, 0.05) is 18.7 Å². The van der Waals surface area contributed by atoms with Gasteiger partial charge in [0.25, 0.3) is 0 Å². The average Bonchev–Trinajstić information content (AvgIpc) is 2.83. The van der Waals surface area contributed by atoms with Crippen molar-refractivity contribution < 1.29 is 5.11 Å². The lowest BCUT2D eigenvalue weighted by Crippen LogP contribution is -2.53. The first-order chi connectivity index (χ1) is 10.9. The predicted molar refractivity (Wildman–Crippen MR) is 94.6 cm³/mol. The molecule has 1 aliphatic heterocycles. The quantitative estimate of drug-likeness (QED) is 0.819. The van der Waals surface area contributed by atoms with E-state index < -0.39 is 5.72 Å². The molecule has 1 aromatic rings. The minimum absolute atomic E-state index is 0.110. The van der Waals surface area contributed by atoms with E-state index in [0.29, 0.717) is 28.9 Å². The predicted octanol–water partition coefficient (Wildman–Crippen LogP) is 2.73. The van der Waals surface area contributed by atoms with Gasteiger partial charge in [-0.25, -0.2) is 5.01 Å². The van der Waals surface area contributed by atoms with Crippen molar-refractivity contribution >= 4 is 23.0 Å². The van der Waals surface area contributed by atoms with E-state index in [9.17, 15) is 5.11 Å². The highest BCUT2D eigenvalue weighted by atomic mass is 32.1. The van der Waals surface area contributed by atoms with E-state index in [1.165, 1.54) is 0 Å². The lowest BCUT2D eigenvalue weighted by atomic mass is 9.84. The van der Waals surface area contributed by atoms with E-state index >= 15 is 0 Å². The first-order valence-electron chi connectivity index (χ1n) is 8.25. The Morgan fingerprint density at radius 3 is 2.78 bits per heavy atom. The molecule has 4 rings (SSSR count). The lowest BCUT2D eigenvalue weighted by Gasteiger charge is -2.36. The highest BCUT2D eigenvalue weighted by Gasteiger charge is 2.75. The molecule has 0 aromatic heterocycles. The Kier molecular flexibility index (Phi) is 3.13. The average molecular weight is 329 g/mol. The number of rotatable bonds is 2. The van der Waals surface area contributed by atoms with Gasteiger partial charge in [0.05, 0.1) is 5.92 Å². The molecule has 0 bridgehead atoms. The molecule has 4 nitrogen and oxygen atoms in total. The maximum atomic E-state index is 11.2. The second-order valence-corrected chi connectivity index (χ2v) is 8.10. The molecule has 2 aliphatic carbocycles. The van der Waals surface area contributed by atoms with Crippen LogP contribution in [0.15, 0.2) is 35.4 Å². The van der Waals surface area contributed by atoms with Crippen LogP contribution >= 0.6 is 12.2 Å². The summed E-state index contributed by atoms with van der Waals surface area (Å²) in [6.07, 6.45) is 0.753. The number of nitrogens with one attached hydrogen (secondary N) is 1. The molecule has 4 atom stereocenters. The first-order valence-corrected chi connectivity index (χ1v) is 8.66. The maximum Gasteiger partial charge on any atom is 0.192 e. The van der Waals surface area contributed by atoms with Gasteiger partial charge in [0.15, 0.2) is 10.8 Å². The maximum absolute atomic E-state index is 11.2. The standard InChI is InChI=1S/C18H23N3OS/c1-11-14-15-13(17(15,2)3)9-18(14,22)21(20-11)16(23)19-10-12-7-5-4-6-8-12/h4-8,13-15,22H,9-10H2,1-3H3,(H,19,23)/t13-,14-,15+,18-/m1/s1. The van der Waals surface area contributed by atoms with Crippen LogP contribution in [0.5, 0.6) is 0 Å². The smallest absolute Gasteiger partial charge is 0.192 e. The molecular formula is C18H23N3OS. The van der Waals surface area contributed by atoms with Crippen LogP contribution in [0, 0.1) is 23.2 Å². The van der Waals surface area contributed by atoms with Crippen molar-refractivity contribution in [1.29, 1.82) is 0 Å². The SMILES string of the molecule is CC1=NN(C(=S)NCc2ccccc2)[C@@]2(O)C[C@@H]3[C@@H]([C@@H]12)C3(C)C. The van der Waals surface area contributed by atoms with Crippen molar-refractivity contribution in [3.05, 3.63) is 35.9 Å². The van der Waals surface area contributed by atoms with Crippen LogP contribution in [0.25, 0.3) is 0 Å². The number of benzene rings is 1. The van der Waals surface area contributed by atoms with Crippen LogP contribution in [0.1, 0.15) is 32.8 Å². The van der Waals surface area contributed by atoms with Crippen molar-refractivity contribution in [2.75, 3.05) is 0 Å². The number of aliphatic hydroxyl groups is 1. The topological polar surface area (TPSA) is 47.9 Å². The second kappa shape index (κ2) is 4.77. The van der Waals surface area contributed by atoms with Crippen molar-refractivity contribution in [2.24, 2.45) is 28.3 Å². The van der Waals surface area contributed by atoms with E-state index in [-0.39, 0.29) is 5.92 Å². The molecule has 23 heavy (non-hydrogen) atoms. The molecule has 0 spiro atoms. The molecular weight excluding hydrogens is 306 g/mol. The Bertz CT molecular complexity index is 687. The van der Waals surface area contributed by atoms with Gasteiger partial charge >= 0.3 is 0 Å².